The van der Waals surface area contributed by atoms with E-state index in [1.54, 1.807) is 0 Å². The number of rotatable bonds is 4. The van der Waals surface area contributed by atoms with Gasteiger partial charge >= 0.3 is 0 Å². The van der Waals surface area contributed by atoms with Gasteiger partial charge in [0, 0.05) is 33.0 Å². The van der Waals surface area contributed by atoms with Crippen molar-refractivity contribution in [1.82, 2.24) is 9.88 Å². The smallest absolute Gasteiger partial charge is 0.169 e. The first-order valence-corrected chi connectivity index (χ1v) is 18.7. The summed E-state index contributed by atoms with van der Waals surface area (Å²) >= 11 is 0. The number of amidine groups is 2. The van der Waals surface area contributed by atoms with E-state index in [2.05, 4.69) is 157 Å². The highest BCUT2D eigenvalue weighted by atomic mass is 15.2. The molecule has 4 nitrogen and oxygen atoms in total. The van der Waals surface area contributed by atoms with Crippen molar-refractivity contribution in [2.24, 2.45) is 9.98 Å². The Morgan fingerprint density at radius 3 is 1.67 bits per heavy atom. The molecule has 9 aromatic rings. The molecule has 0 saturated heterocycles. The predicted octanol–water partition coefficient (Wildman–Crippen LogP) is 11.9. The van der Waals surface area contributed by atoms with Gasteiger partial charge in [-0.25, -0.2) is 9.98 Å². The van der Waals surface area contributed by atoms with Crippen LogP contribution in [0.15, 0.2) is 180 Å². The van der Waals surface area contributed by atoms with Gasteiger partial charge in [-0.3, -0.25) is 0 Å². The van der Waals surface area contributed by atoms with Crippen molar-refractivity contribution in [3.8, 4) is 16.8 Å². The van der Waals surface area contributed by atoms with Crippen LogP contribution in [0.25, 0.3) is 60.2 Å². The maximum absolute atomic E-state index is 5.14. The van der Waals surface area contributed by atoms with Crippen LogP contribution in [0.4, 0.5) is 0 Å². The lowest BCUT2D eigenvalue weighted by molar-refractivity contribution is 0.670. The third kappa shape index (κ3) is 4.43. The summed E-state index contributed by atoms with van der Waals surface area (Å²) in [5, 5.41) is 11.3. The molecule has 0 fully saturated rings. The van der Waals surface area contributed by atoms with Gasteiger partial charge in [0.25, 0.3) is 0 Å². The standard InChI is InChI=1S/C50H36N4/c1-50(2)44-39-23-12-10-20-36(39)35-19-9-11-22-38(35)43(44)41-30-29-40-37-21-13-14-24-42(37)54(46(40)45(41)50)34-27-25-33(26-28-34)49-52-47(31-15-5-3-6-16-31)51-48(53-49)32-17-7-4-8-18-32/h3-30,49H,1-2H3,(H,51,52,53). The maximum atomic E-state index is 5.14. The predicted molar refractivity (Wildman–Crippen MR) is 225 cm³/mol. The SMILES string of the molecule is CC1(C)c2c(c3ccccc3c3ccccc23)-c2ccc3c4ccccc4n(-c4ccc(C5N=C(c6ccccc6)NC(c6ccccc6)=N5)cc4)c3c21. The Bertz CT molecular complexity index is 2970. The molecule has 2 aliphatic rings. The second-order valence-electron chi connectivity index (χ2n) is 15.0. The molecule has 0 amide bonds. The number of nitrogens with one attached hydrogen (secondary N) is 1. The summed E-state index contributed by atoms with van der Waals surface area (Å²) in [5.41, 5.74) is 11.9. The summed E-state index contributed by atoms with van der Waals surface area (Å²) in [7, 11) is 0. The molecule has 0 atom stereocenters. The Kier molecular flexibility index (Phi) is 6.62. The molecule has 11 rings (SSSR count). The van der Waals surface area contributed by atoms with E-state index in [-0.39, 0.29) is 11.6 Å². The maximum Gasteiger partial charge on any atom is 0.169 e. The van der Waals surface area contributed by atoms with Gasteiger partial charge in [-0.15, -0.1) is 0 Å². The Balaban J connectivity index is 1.12. The molecular weight excluding hydrogens is 657 g/mol. The molecule has 8 aromatic carbocycles. The minimum atomic E-state index is -0.386. The van der Waals surface area contributed by atoms with Gasteiger partial charge in [-0.05, 0) is 67.6 Å². The molecule has 2 heterocycles. The largest absolute Gasteiger partial charge is 0.324 e. The molecule has 0 saturated carbocycles. The fourth-order valence-electron chi connectivity index (χ4n) is 9.24. The summed E-state index contributed by atoms with van der Waals surface area (Å²) in [6.45, 7) is 4.84. The molecule has 1 N–H and O–H groups in total. The summed E-state index contributed by atoms with van der Waals surface area (Å²) in [6.07, 6.45) is -0.386. The van der Waals surface area contributed by atoms with Crippen LogP contribution in [0.5, 0.6) is 0 Å². The summed E-state index contributed by atoms with van der Waals surface area (Å²) in [4.78, 5) is 10.3. The molecule has 0 radical (unpaired) electrons. The zero-order valence-electron chi connectivity index (χ0n) is 30.1. The monoisotopic (exact) mass is 692 g/mol. The second kappa shape index (κ2) is 11.6. The lowest BCUT2D eigenvalue weighted by Gasteiger charge is -2.25. The third-order valence-electron chi connectivity index (χ3n) is 11.6. The minimum absolute atomic E-state index is 0.250. The van der Waals surface area contributed by atoms with Gasteiger partial charge in [0.05, 0.1) is 11.0 Å². The number of nitrogens with zero attached hydrogens (tertiary/aromatic N) is 3. The molecule has 0 spiro atoms. The van der Waals surface area contributed by atoms with Crippen LogP contribution in [0.2, 0.25) is 0 Å². The van der Waals surface area contributed by atoms with Crippen LogP contribution in [0, 0.1) is 0 Å². The van der Waals surface area contributed by atoms with E-state index >= 15 is 0 Å². The van der Waals surface area contributed by atoms with Crippen molar-refractivity contribution in [3.05, 3.63) is 198 Å². The normalized spacial score (nSPS) is 14.9. The molecule has 256 valence electrons. The van der Waals surface area contributed by atoms with Gasteiger partial charge in [0.2, 0.25) is 0 Å². The van der Waals surface area contributed by atoms with Crippen LogP contribution in [0.3, 0.4) is 0 Å². The van der Waals surface area contributed by atoms with Crippen LogP contribution in [-0.2, 0) is 5.41 Å². The van der Waals surface area contributed by atoms with Crippen LogP contribution >= 0.6 is 0 Å². The van der Waals surface area contributed by atoms with Crippen molar-refractivity contribution < 1.29 is 0 Å². The fraction of sp³-hybridized carbons (Fsp3) is 0.0800. The third-order valence-corrected chi connectivity index (χ3v) is 11.6. The lowest BCUT2D eigenvalue weighted by atomic mass is 9.78. The zero-order chi connectivity index (χ0) is 36.0. The molecule has 4 heteroatoms. The fourth-order valence-corrected chi connectivity index (χ4v) is 9.24. The number of hydrogen-bond donors (Lipinski definition) is 1. The lowest BCUT2D eigenvalue weighted by Crippen LogP contribution is -2.35. The number of aromatic nitrogens is 1. The highest BCUT2D eigenvalue weighted by molar-refractivity contribution is 6.21. The van der Waals surface area contributed by atoms with E-state index in [9.17, 15) is 0 Å². The van der Waals surface area contributed by atoms with Gasteiger partial charge in [-0.2, -0.15) is 0 Å². The van der Waals surface area contributed by atoms with Gasteiger partial charge in [-0.1, -0.05) is 166 Å². The molecule has 54 heavy (non-hydrogen) atoms. The summed E-state index contributed by atoms with van der Waals surface area (Å²) < 4.78 is 2.49. The molecule has 0 bridgehead atoms. The molecule has 1 aromatic heterocycles. The Hall–Kier alpha value is -6.78. The molecule has 1 aliphatic heterocycles. The van der Waals surface area contributed by atoms with E-state index in [1.807, 2.05) is 36.4 Å². The van der Waals surface area contributed by atoms with Gasteiger partial charge < -0.3 is 9.88 Å². The van der Waals surface area contributed by atoms with Crippen molar-refractivity contribution in [3.63, 3.8) is 0 Å². The van der Waals surface area contributed by atoms with E-state index in [1.165, 1.54) is 65.6 Å². The zero-order valence-corrected chi connectivity index (χ0v) is 30.1. The molecule has 0 unspecified atom stereocenters. The number of hydrogen-bond acceptors (Lipinski definition) is 3. The first-order chi connectivity index (χ1) is 26.6. The molecule has 1 aliphatic carbocycles. The first-order valence-electron chi connectivity index (χ1n) is 18.7. The van der Waals surface area contributed by atoms with E-state index in [0.717, 1.165) is 34.0 Å². The van der Waals surface area contributed by atoms with E-state index in [0.29, 0.717) is 0 Å². The molecular formula is C50H36N4. The number of benzene rings is 8. The Labute approximate surface area is 313 Å². The minimum Gasteiger partial charge on any atom is -0.324 e. The quantitative estimate of drug-likeness (QED) is 0.183. The van der Waals surface area contributed by atoms with Crippen molar-refractivity contribution >= 4 is 55.0 Å². The van der Waals surface area contributed by atoms with Crippen LogP contribution < -0.4 is 5.32 Å². The Morgan fingerprint density at radius 2 is 1.02 bits per heavy atom. The van der Waals surface area contributed by atoms with Gasteiger partial charge in [0.1, 0.15) is 11.7 Å². The number of para-hydroxylation sites is 1. The van der Waals surface area contributed by atoms with Crippen molar-refractivity contribution in [2.75, 3.05) is 0 Å². The highest BCUT2D eigenvalue weighted by Gasteiger charge is 2.41. The number of aliphatic imine (C=N–C) groups is 2. The topological polar surface area (TPSA) is 41.7 Å². The van der Waals surface area contributed by atoms with Gasteiger partial charge in [0.15, 0.2) is 6.17 Å². The summed E-state index contributed by atoms with van der Waals surface area (Å²) in [6, 6.07) is 61.0. The van der Waals surface area contributed by atoms with E-state index < -0.39 is 0 Å². The van der Waals surface area contributed by atoms with Crippen LogP contribution in [-0.4, -0.2) is 16.2 Å². The van der Waals surface area contributed by atoms with Crippen molar-refractivity contribution in [1.29, 1.82) is 0 Å². The first kappa shape index (κ1) is 30.8. The highest BCUT2D eigenvalue weighted by Crippen LogP contribution is 2.57. The van der Waals surface area contributed by atoms with Crippen molar-refractivity contribution in [2.45, 2.75) is 25.4 Å². The average Bonchev–Trinajstić information content (AvgIpc) is 3.70. The van der Waals surface area contributed by atoms with Crippen LogP contribution in [0.1, 0.15) is 47.8 Å². The van der Waals surface area contributed by atoms with E-state index in [4.69, 9.17) is 9.98 Å². The average molecular weight is 693 g/mol. The summed E-state index contributed by atoms with van der Waals surface area (Å²) in [5.74, 6) is 1.64. The second-order valence-corrected chi connectivity index (χ2v) is 15.0. The Morgan fingerprint density at radius 1 is 0.481 bits per heavy atom. The number of fused-ring (bicyclic) bond motifs is 12.